The number of nitrogens with zero attached hydrogens (tertiary/aromatic N) is 1. The number of aromatic nitrogens is 1. The van der Waals surface area contributed by atoms with Gasteiger partial charge in [-0.15, -0.1) is 0 Å². The topological polar surface area (TPSA) is 69.7 Å². The molecule has 196 valence electrons. The molecule has 2 saturated heterocycles. The summed E-state index contributed by atoms with van der Waals surface area (Å²) in [4.78, 5) is 17.5. The molecule has 0 radical (unpaired) electrons. The molecule has 3 heterocycles. The third-order valence-corrected chi connectivity index (χ3v) is 7.06. The molecule has 1 amide bonds. The van der Waals surface area contributed by atoms with Crippen molar-refractivity contribution in [1.82, 2.24) is 4.98 Å². The number of carbonyl (C=O) groups is 1. The molecule has 1 aromatic carbocycles. The van der Waals surface area contributed by atoms with E-state index >= 15 is 0 Å². The molecule has 1 aromatic heterocycles. The minimum Gasteiger partial charge on any atom is -0.352 e. The summed E-state index contributed by atoms with van der Waals surface area (Å²) in [6.45, 7) is 7.23. The number of anilines is 1. The van der Waals surface area contributed by atoms with E-state index in [1.165, 1.54) is 32.2 Å². The first kappa shape index (κ1) is 26.4. The first-order chi connectivity index (χ1) is 16.6. The van der Waals surface area contributed by atoms with Crippen LogP contribution in [0.15, 0.2) is 30.5 Å². The number of hydrogen-bond donors (Lipinski definition) is 1. The number of benzene rings is 1. The standard InChI is InChI=1S/C25H27F5N2O4/c1-12-15(7-8-16(26)20(12)27)19-13(2)24(5,25(28,29)30)36-21(19)22(33)32-14-6-9-17(31-10-14)18-11-34-23(3,4)35-18/h6-10,13,18-19,21H,11H2,1-5H3,(H,32,33)/t13-,18+,19+,21-,24+/m1/s1. The van der Waals surface area contributed by atoms with Crippen LogP contribution in [0.2, 0.25) is 0 Å². The lowest BCUT2D eigenvalue weighted by Crippen LogP contribution is -2.47. The van der Waals surface area contributed by atoms with Crippen molar-refractivity contribution in [2.45, 2.75) is 70.3 Å². The number of rotatable bonds is 4. The molecule has 2 aliphatic rings. The Kier molecular flexibility index (Phi) is 6.64. The quantitative estimate of drug-likeness (QED) is 0.541. The number of amides is 1. The van der Waals surface area contributed by atoms with Crippen molar-refractivity contribution >= 4 is 11.6 Å². The third kappa shape index (κ3) is 4.59. The van der Waals surface area contributed by atoms with E-state index in [9.17, 15) is 26.7 Å². The molecule has 4 rings (SSSR count). The van der Waals surface area contributed by atoms with E-state index < -0.39 is 59.1 Å². The molecule has 1 N–H and O–H groups in total. The average molecular weight is 514 g/mol. The molecule has 5 atom stereocenters. The van der Waals surface area contributed by atoms with Crippen LogP contribution in [-0.2, 0) is 19.0 Å². The van der Waals surface area contributed by atoms with Crippen molar-refractivity contribution in [3.05, 3.63) is 58.9 Å². The van der Waals surface area contributed by atoms with E-state index in [1.807, 2.05) is 0 Å². The maximum Gasteiger partial charge on any atom is 0.417 e. The summed E-state index contributed by atoms with van der Waals surface area (Å²) in [5, 5.41) is 2.54. The van der Waals surface area contributed by atoms with Gasteiger partial charge in [0.1, 0.15) is 12.2 Å². The molecule has 11 heteroatoms. The first-order valence-corrected chi connectivity index (χ1v) is 11.4. The Morgan fingerprint density at radius 2 is 1.81 bits per heavy atom. The summed E-state index contributed by atoms with van der Waals surface area (Å²) in [5.41, 5.74) is -2.01. The van der Waals surface area contributed by atoms with Crippen molar-refractivity contribution in [1.29, 1.82) is 0 Å². The molecule has 2 fully saturated rings. The molecule has 0 bridgehead atoms. The van der Waals surface area contributed by atoms with Gasteiger partial charge in [0, 0.05) is 11.8 Å². The molecule has 0 saturated carbocycles. The van der Waals surface area contributed by atoms with Crippen LogP contribution in [0.5, 0.6) is 0 Å². The van der Waals surface area contributed by atoms with E-state index in [0.29, 0.717) is 12.3 Å². The highest BCUT2D eigenvalue weighted by molar-refractivity contribution is 5.95. The Hall–Kier alpha value is -2.63. The predicted octanol–water partition coefficient (Wildman–Crippen LogP) is 5.57. The Balaban J connectivity index is 1.61. The number of nitrogens with one attached hydrogen (secondary N) is 1. The number of pyridine rings is 1. The van der Waals surface area contributed by atoms with Crippen LogP contribution in [0.1, 0.15) is 56.5 Å². The van der Waals surface area contributed by atoms with Crippen molar-refractivity contribution in [2.24, 2.45) is 5.92 Å². The summed E-state index contributed by atoms with van der Waals surface area (Å²) >= 11 is 0. The normalized spacial score (nSPS) is 29.9. The van der Waals surface area contributed by atoms with Crippen LogP contribution < -0.4 is 5.32 Å². The third-order valence-electron chi connectivity index (χ3n) is 7.06. The zero-order valence-corrected chi connectivity index (χ0v) is 20.4. The lowest BCUT2D eigenvalue weighted by Gasteiger charge is -2.32. The van der Waals surface area contributed by atoms with Crippen molar-refractivity contribution in [2.75, 3.05) is 11.9 Å². The lowest BCUT2D eigenvalue weighted by molar-refractivity contribution is -0.272. The monoisotopic (exact) mass is 514 g/mol. The average Bonchev–Trinajstić information content (AvgIpc) is 3.30. The molecule has 6 nitrogen and oxygen atoms in total. The van der Waals surface area contributed by atoms with Gasteiger partial charge in [0.05, 0.1) is 24.2 Å². The van der Waals surface area contributed by atoms with Gasteiger partial charge in [-0.05, 0) is 57.0 Å². The summed E-state index contributed by atoms with van der Waals surface area (Å²) in [5.74, 6) is -6.40. The number of alkyl halides is 3. The molecule has 0 aliphatic carbocycles. The van der Waals surface area contributed by atoms with Gasteiger partial charge in [0.2, 0.25) is 0 Å². The number of hydrogen-bond acceptors (Lipinski definition) is 5. The van der Waals surface area contributed by atoms with Gasteiger partial charge >= 0.3 is 6.18 Å². The fraction of sp³-hybridized carbons (Fsp3) is 0.520. The number of halogens is 5. The zero-order valence-electron chi connectivity index (χ0n) is 20.4. The van der Waals surface area contributed by atoms with E-state index in [-0.39, 0.29) is 16.8 Å². The Labute approximate surface area is 205 Å². The molecule has 0 unspecified atom stereocenters. The molecular weight excluding hydrogens is 487 g/mol. The molecule has 2 aliphatic heterocycles. The van der Waals surface area contributed by atoms with Gasteiger partial charge in [-0.3, -0.25) is 9.78 Å². The van der Waals surface area contributed by atoms with E-state index in [1.54, 1.807) is 19.9 Å². The van der Waals surface area contributed by atoms with Crippen LogP contribution in [0.4, 0.5) is 27.6 Å². The zero-order chi connectivity index (χ0) is 26.6. The fourth-order valence-electron chi connectivity index (χ4n) is 4.77. The predicted molar refractivity (Wildman–Crippen MR) is 119 cm³/mol. The number of carbonyl (C=O) groups excluding carboxylic acids is 1. The van der Waals surface area contributed by atoms with Crippen LogP contribution in [0, 0.1) is 24.5 Å². The van der Waals surface area contributed by atoms with Crippen molar-refractivity contribution < 1.29 is 41.0 Å². The van der Waals surface area contributed by atoms with Crippen LogP contribution in [0.3, 0.4) is 0 Å². The van der Waals surface area contributed by atoms with E-state index in [4.69, 9.17) is 14.2 Å². The van der Waals surface area contributed by atoms with Gasteiger partial charge in [0.15, 0.2) is 23.0 Å². The van der Waals surface area contributed by atoms with E-state index in [0.717, 1.165) is 13.0 Å². The minimum absolute atomic E-state index is 0.0731. The van der Waals surface area contributed by atoms with E-state index in [2.05, 4.69) is 10.3 Å². The summed E-state index contributed by atoms with van der Waals surface area (Å²) in [6, 6.07) is 5.18. The van der Waals surface area contributed by atoms with Gasteiger partial charge in [0.25, 0.3) is 5.91 Å². The maximum atomic E-state index is 14.3. The minimum atomic E-state index is -4.81. The van der Waals surface area contributed by atoms with Crippen LogP contribution in [-0.4, -0.2) is 41.2 Å². The largest absolute Gasteiger partial charge is 0.417 e. The SMILES string of the molecule is Cc1c([C@@H]2[C@@H](C)[C@@](C)(C(F)(F)F)O[C@H]2C(=O)Nc2ccc([C@@H]3COC(C)(C)O3)nc2)ccc(F)c1F. The first-order valence-electron chi connectivity index (χ1n) is 11.4. The second-order valence-electron chi connectivity index (χ2n) is 9.81. The highest BCUT2D eigenvalue weighted by Gasteiger charge is 2.65. The molecule has 36 heavy (non-hydrogen) atoms. The lowest BCUT2D eigenvalue weighted by atomic mass is 9.76. The summed E-state index contributed by atoms with van der Waals surface area (Å²) in [6.07, 6.45) is -5.49. The van der Waals surface area contributed by atoms with Crippen LogP contribution >= 0.6 is 0 Å². The Bertz CT molecular complexity index is 1150. The Morgan fingerprint density at radius 1 is 1.11 bits per heavy atom. The highest BCUT2D eigenvalue weighted by atomic mass is 19.4. The Morgan fingerprint density at radius 3 is 2.36 bits per heavy atom. The second-order valence-corrected chi connectivity index (χ2v) is 9.81. The molecule has 2 aromatic rings. The highest BCUT2D eigenvalue weighted by Crippen LogP contribution is 2.54. The maximum absolute atomic E-state index is 14.3. The summed E-state index contributed by atoms with van der Waals surface area (Å²) < 4.78 is 86.7. The molecule has 0 spiro atoms. The van der Waals surface area contributed by atoms with Crippen molar-refractivity contribution in [3.63, 3.8) is 0 Å². The second kappa shape index (κ2) is 9.04. The van der Waals surface area contributed by atoms with Crippen LogP contribution in [0.25, 0.3) is 0 Å². The fourth-order valence-corrected chi connectivity index (χ4v) is 4.77. The van der Waals surface area contributed by atoms with Gasteiger partial charge in [-0.2, -0.15) is 13.2 Å². The number of ether oxygens (including phenoxy) is 3. The summed E-state index contributed by atoms with van der Waals surface area (Å²) in [7, 11) is 0. The van der Waals surface area contributed by atoms with Gasteiger partial charge in [-0.25, -0.2) is 8.78 Å². The van der Waals surface area contributed by atoms with Gasteiger partial charge in [-0.1, -0.05) is 13.0 Å². The van der Waals surface area contributed by atoms with Gasteiger partial charge < -0.3 is 19.5 Å². The smallest absolute Gasteiger partial charge is 0.352 e. The molecular formula is C25H27F5N2O4. The van der Waals surface area contributed by atoms with Crippen molar-refractivity contribution in [3.8, 4) is 0 Å².